The third-order valence-electron chi connectivity index (χ3n) is 10.2. The summed E-state index contributed by atoms with van der Waals surface area (Å²) in [5, 5.41) is 2.23. The highest BCUT2D eigenvalue weighted by molar-refractivity contribution is 6.17. The zero-order valence-corrected chi connectivity index (χ0v) is 29.3. The van der Waals surface area contributed by atoms with E-state index in [1.165, 1.54) is 22.3 Å². The van der Waals surface area contributed by atoms with Crippen LogP contribution in [0.5, 0.6) is 0 Å². The molecule has 0 amide bonds. The minimum atomic E-state index is -0.198. The first kappa shape index (κ1) is 33.2. The first-order valence-corrected chi connectivity index (χ1v) is 16.8. The molecule has 0 heteroatoms. The van der Waals surface area contributed by atoms with Crippen LogP contribution in [0.2, 0.25) is 0 Å². The van der Waals surface area contributed by atoms with Crippen molar-refractivity contribution in [2.24, 2.45) is 0 Å². The average Bonchev–Trinajstić information content (AvgIpc) is 3.35. The van der Waals surface area contributed by atoms with Crippen LogP contribution in [0.4, 0.5) is 0 Å². The number of fused-ring (bicyclic) bond motifs is 4. The fraction of sp³-hybridized carbons (Fsp3) is 0.102. The van der Waals surface area contributed by atoms with E-state index in [0.717, 1.165) is 77.6 Å². The zero-order valence-electron chi connectivity index (χ0n) is 29.3. The Kier molecular flexibility index (Phi) is 8.84. The highest BCUT2D eigenvalue weighted by atomic mass is 14.4. The van der Waals surface area contributed by atoms with Crippen molar-refractivity contribution in [1.82, 2.24) is 0 Å². The topological polar surface area (TPSA) is 0 Å². The van der Waals surface area contributed by atoms with Crippen LogP contribution in [0.25, 0.3) is 68.5 Å². The van der Waals surface area contributed by atoms with Gasteiger partial charge in [0.15, 0.2) is 0 Å². The van der Waals surface area contributed by atoms with Gasteiger partial charge in [-0.2, -0.15) is 0 Å². The number of hydrogen-bond donors (Lipinski definition) is 0. The van der Waals surface area contributed by atoms with Crippen molar-refractivity contribution >= 4 is 46.2 Å². The first-order chi connectivity index (χ1) is 23.7. The van der Waals surface area contributed by atoms with Crippen LogP contribution in [-0.2, 0) is 5.41 Å². The Bertz CT molecular complexity index is 2290. The van der Waals surface area contributed by atoms with Gasteiger partial charge in [0.1, 0.15) is 0 Å². The van der Waals surface area contributed by atoms with Crippen molar-refractivity contribution in [2.75, 3.05) is 0 Å². The molecule has 0 aromatic heterocycles. The molecule has 0 nitrogen and oxygen atoms in total. The third-order valence-corrected chi connectivity index (χ3v) is 10.2. The number of rotatable bonds is 10. The zero-order chi connectivity index (χ0) is 35.0. The SMILES string of the molecule is C=CC(=C(C)C)/C(=C(\C=C)c1ccccc1)c1c(C=C)c(C=C)c(-c2cc3c(c(C=C)c2C=C)-c2ccccc2C3(C)C)c2ccccc12. The molecule has 49 heavy (non-hydrogen) atoms. The summed E-state index contributed by atoms with van der Waals surface area (Å²) in [7, 11) is 0. The van der Waals surface area contributed by atoms with E-state index < -0.39 is 0 Å². The molecule has 0 saturated carbocycles. The second kappa shape index (κ2) is 13.1. The Balaban J connectivity index is 1.85. The summed E-state index contributed by atoms with van der Waals surface area (Å²) < 4.78 is 0. The van der Waals surface area contributed by atoms with Crippen LogP contribution in [0, 0.1) is 0 Å². The average molecular weight is 633 g/mol. The first-order valence-electron chi connectivity index (χ1n) is 16.8. The van der Waals surface area contributed by atoms with E-state index in [0.29, 0.717) is 0 Å². The van der Waals surface area contributed by atoms with Crippen molar-refractivity contribution in [1.29, 1.82) is 0 Å². The Hall–Kier alpha value is -5.72. The normalized spacial score (nSPS) is 13.1. The number of allylic oxidation sites excluding steroid dienone is 6. The van der Waals surface area contributed by atoms with Crippen LogP contribution in [0.1, 0.15) is 72.2 Å². The molecule has 0 fully saturated rings. The van der Waals surface area contributed by atoms with Crippen LogP contribution >= 0.6 is 0 Å². The fourth-order valence-electron chi connectivity index (χ4n) is 7.95. The minimum absolute atomic E-state index is 0.198. The minimum Gasteiger partial charge on any atom is -0.0984 e. The summed E-state index contributed by atoms with van der Waals surface area (Å²) >= 11 is 0. The largest absolute Gasteiger partial charge is 0.0984 e. The fourth-order valence-corrected chi connectivity index (χ4v) is 7.95. The Morgan fingerprint density at radius 2 is 1.12 bits per heavy atom. The maximum Gasteiger partial charge on any atom is 0.0159 e. The molecule has 240 valence electrons. The lowest BCUT2D eigenvalue weighted by Gasteiger charge is -2.27. The van der Waals surface area contributed by atoms with E-state index in [-0.39, 0.29) is 5.41 Å². The quantitative estimate of drug-likeness (QED) is 0.106. The van der Waals surface area contributed by atoms with Crippen LogP contribution < -0.4 is 0 Å². The molecule has 0 spiro atoms. The van der Waals surface area contributed by atoms with E-state index in [1.54, 1.807) is 0 Å². The van der Waals surface area contributed by atoms with Gasteiger partial charge in [-0.05, 0) is 114 Å². The van der Waals surface area contributed by atoms with Crippen LogP contribution in [0.15, 0.2) is 148 Å². The van der Waals surface area contributed by atoms with Gasteiger partial charge in [-0.1, -0.05) is 174 Å². The van der Waals surface area contributed by atoms with E-state index in [9.17, 15) is 0 Å². The highest BCUT2D eigenvalue weighted by Gasteiger charge is 2.38. The van der Waals surface area contributed by atoms with E-state index >= 15 is 0 Å². The van der Waals surface area contributed by atoms with Gasteiger partial charge in [-0.25, -0.2) is 0 Å². The van der Waals surface area contributed by atoms with Crippen molar-refractivity contribution in [3.8, 4) is 22.3 Å². The van der Waals surface area contributed by atoms with Crippen molar-refractivity contribution < 1.29 is 0 Å². The van der Waals surface area contributed by atoms with Crippen LogP contribution in [0.3, 0.4) is 0 Å². The molecule has 0 unspecified atom stereocenters. The molecule has 0 aliphatic heterocycles. The van der Waals surface area contributed by atoms with Gasteiger partial charge in [0.2, 0.25) is 0 Å². The van der Waals surface area contributed by atoms with Gasteiger partial charge in [-0.15, -0.1) is 0 Å². The summed E-state index contributed by atoms with van der Waals surface area (Å²) in [5.41, 5.74) is 17.8. The summed E-state index contributed by atoms with van der Waals surface area (Å²) in [4.78, 5) is 0. The van der Waals surface area contributed by atoms with E-state index in [2.05, 4.69) is 146 Å². The summed E-state index contributed by atoms with van der Waals surface area (Å²) in [6.45, 7) is 35.1. The van der Waals surface area contributed by atoms with Gasteiger partial charge in [0.25, 0.3) is 0 Å². The van der Waals surface area contributed by atoms with Crippen molar-refractivity contribution in [3.05, 3.63) is 192 Å². The van der Waals surface area contributed by atoms with Crippen LogP contribution in [-0.4, -0.2) is 0 Å². The molecule has 0 N–H and O–H groups in total. The molecule has 0 heterocycles. The lowest BCUT2D eigenvalue weighted by molar-refractivity contribution is 0.660. The molecular formula is C49H44. The molecule has 6 rings (SSSR count). The summed E-state index contributed by atoms with van der Waals surface area (Å²) in [5.74, 6) is 0. The lowest BCUT2D eigenvalue weighted by atomic mass is 9.76. The van der Waals surface area contributed by atoms with Gasteiger partial charge in [-0.3, -0.25) is 0 Å². The maximum absolute atomic E-state index is 4.43. The van der Waals surface area contributed by atoms with Gasteiger partial charge in [0, 0.05) is 5.41 Å². The van der Waals surface area contributed by atoms with Crippen molar-refractivity contribution in [2.45, 2.75) is 33.1 Å². The summed E-state index contributed by atoms with van der Waals surface area (Å²) in [6, 6.07) is 30.3. The van der Waals surface area contributed by atoms with Gasteiger partial charge >= 0.3 is 0 Å². The Morgan fingerprint density at radius 3 is 1.71 bits per heavy atom. The molecule has 1 aliphatic rings. The maximum atomic E-state index is 4.43. The lowest BCUT2D eigenvalue weighted by Crippen LogP contribution is -2.15. The number of benzene rings is 5. The molecule has 0 radical (unpaired) electrons. The van der Waals surface area contributed by atoms with Crippen molar-refractivity contribution in [3.63, 3.8) is 0 Å². The second-order valence-electron chi connectivity index (χ2n) is 13.3. The Morgan fingerprint density at radius 1 is 0.551 bits per heavy atom. The predicted octanol–water partition coefficient (Wildman–Crippen LogP) is 14.0. The van der Waals surface area contributed by atoms with Gasteiger partial charge in [0.05, 0.1) is 0 Å². The van der Waals surface area contributed by atoms with E-state index in [4.69, 9.17) is 0 Å². The molecule has 5 aromatic carbocycles. The predicted molar refractivity (Wildman–Crippen MR) is 219 cm³/mol. The standard InChI is InChI=1S/C49H44/c1-11-33(31(7)8)47(34(12-2)32-24-18-17-19-25-32)48-38(16-6)37(15-5)45(39-26-20-21-27-40(39)48)42-30-44-46(36(14-4)35(42)13-3)41-28-22-23-29-43(41)49(44,9)10/h11-30H,1-6H2,7-10H3/b47-34-. The monoisotopic (exact) mass is 632 g/mol. The Labute approximate surface area is 292 Å². The highest BCUT2D eigenvalue weighted by Crippen LogP contribution is 2.54. The molecule has 0 atom stereocenters. The molecule has 0 bridgehead atoms. The molecule has 1 aliphatic carbocycles. The third kappa shape index (κ3) is 5.07. The molecular weight excluding hydrogens is 589 g/mol. The second-order valence-corrected chi connectivity index (χ2v) is 13.3. The number of hydrogen-bond acceptors (Lipinski definition) is 0. The van der Waals surface area contributed by atoms with Gasteiger partial charge < -0.3 is 0 Å². The molecule has 5 aromatic rings. The summed E-state index contributed by atoms with van der Waals surface area (Å²) in [6.07, 6.45) is 11.9. The molecule has 0 saturated heterocycles. The van der Waals surface area contributed by atoms with E-state index in [1.807, 2.05) is 42.5 Å². The smallest absolute Gasteiger partial charge is 0.0159 e.